The van der Waals surface area contributed by atoms with Crippen LogP contribution in [0.1, 0.15) is 25.0 Å². The van der Waals surface area contributed by atoms with Gasteiger partial charge in [-0.05, 0) is 25.5 Å². The molecule has 0 spiro atoms. The highest BCUT2D eigenvalue weighted by Crippen LogP contribution is 2.32. The van der Waals surface area contributed by atoms with Crippen LogP contribution in [0.25, 0.3) is 0 Å². The van der Waals surface area contributed by atoms with Gasteiger partial charge < -0.3 is 10.1 Å². The van der Waals surface area contributed by atoms with Crippen LogP contribution in [0.15, 0.2) is 12.1 Å². The topological polar surface area (TPSA) is 47.0 Å². The van der Waals surface area contributed by atoms with Gasteiger partial charge in [0.1, 0.15) is 0 Å². The zero-order valence-electron chi connectivity index (χ0n) is 9.07. The Morgan fingerprint density at radius 2 is 2.27 bits per heavy atom. The summed E-state index contributed by atoms with van der Waals surface area (Å²) >= 11 is 0. The molecule has 1 N–H and O–H groups in total. The minimum Gasteiger partial charge on any atom is -0.477 e. The molecule has 0 amide bonds. The molecule has 1 aliphatic carbocycles. The van der Waals surface area contributed by atoms with Gasteiger partial charge in [-0.1, -0.05) is 12.8 Å². The first-order chi connectivity index (χ1) is 7.38. The van der Waals surface area contributed by atoms with Gasteiger partial charge in [0.15, 0.2) is 0 Å². The zero-order chi connectivity index (χ0) is 10.5. The summed E-state index contributed by atoms with van der Waals surface area (Å²) in [6, 6.07) is 3.82. The van der Waals surface area contributed by atoms with Crippen LogP contribution in [-0.2, 0) is 6.54 Å². The Morgan fingerprint density at radius 1 is 1.40 bits per heavy atom. The normalized spacial score (nSPS) is 15.3. The Hall–Kier alpha value is -1.16. The molecule has 1 aromatic heterocycles. The third-order valence-electron chi connectivity index (χ3n) is 2.53. The molecule has 0 atom stereocenters. The first-order valence-corrected chi connectivity index (χ1v) is 5.48. The van der Waals surface area contributed by atoms with Crippen molar-refractivity contribution < 1.29 is 4.74 Å². The van der Waals surface area contributed by atoms with Crippen molar-refractivity contribution in [3.63, 3.8) is 0 Å². The molecule has 1 heterocycles. The molecule has 1 aliphatic rings. The van der Waals surface area contributed by atoms with Crippen LogP contribution in [0.4, 0.5) is 0 Å². The van der Waals surface area contributed by atoms with Crippen molar-refractivity contribution in [2.24, 2.45) is 5.92 Å². The summed E-state index contributed by atoms with van der Waals surface area (Å²) in [5.74, 6) is 1.54. The molecule has 1 fully saturated rings. The number of hydrogen-bond acceptors (Lipinski definition) is 4. The van der Waals surface area contributed by atoms with Crippen molar-refractivity contribution in [1.29, 1.82) is 0 Å². The van der Waals surface area contributed by atoms with Crippen LogP contribution in [0.5, 0.6) is 5.88 Å². The number of ether oxygens (including phenoxy) is 1. The lowest BCUT2D eigenvalue weighted by atomic mass is 10.3. The maximum Gasteiger partial charge on any atom is 0.233 e. The number of nitrogens with zero attached hydrogens (tertiary/aromatic N) is 2. The summed E-state index contributed by atoms with van der Waals surface area (Å²) in [6.45, 7) is 1.51. The average Bonchev–Trinajstić information content (AvgIpc) is 3.05. The summed E-state index contributed by atoms with van der Waals surface area (Å²) in [5, 5.41) is 11.1. The lowest BCUT2D eigenvalue weighted by Crippen LogP contribution is -2.08. The van der Waals surface area contributed by atoms with E-state index in [0.717, 1.165) is 31.2 Å². The highest BCUT2D eigenvalue weighted by Gasteiger charge is 2.20. The molecular formula is C11H17N3O. The van der Waals surface area contributed by atoms with Gasteiger partial charge in [0, 0.05) is 12.6 Å². The molecule has 1 saturated carbocycles. The molecule has 0 unspecified atom stereocenters. The fourth-order valence-electron chi connectivity index (χ4n) is 1.44. The monoisotopic (exact) mass is 207 g/mol. The summed E-state index contributed by atoms with van der Waals surface area (Å²) in [7, 11) is 1.89. The van der Waals surface area contributed by atoms with Crippen LogP contribution in [0, 0.1) is 5.92 Å². The van der Waals surface area contributed by atoms with Gasteiger partial charge in [0.25, 0.3) is 0 Å². The molecular weight excluding hydrogens is 190 g/mol. The maximum absolute atomic E-state index is 5.50. The van der Waals surface area contributed by atoms with Gasteiger partial charge >= 0.3 is 0 Å². The molecule has 0 radical (unpaired) electrons. The van der Waals surface area contributed by atoms with Crippen molar-refractivity contribution in [3.8, 4) is 5.88 Å². The van der Waals surface area contributed by atoms with Crippen LogP contribution in [0.3, 0.4) is 0 Å². The molecule has 82 valence electrons. The van der Waals surface area contributed by atoms with E-state index in [0.29, 0.717) is 5.88 Å². The molecule has 4 heteroatoms. The lowest BCUT2D eigenvalue weighted by molar-refractivity contribution is 0.287. The van der Waals surface area contributed by atoms with Crippen LogP contribution < -0.4 is 10.1 Å². The first-order valence-electron chi connectivity index (χ1n) is 5.48. The summed E-state index contributed by atoms with van der Waals surface area (Å²) in [4.78, 5) is 0. The van der Waals surface area contributed by atoms with E-state index in [1.165, 1.54) is 12.8 Å². The van der Waals surface area contributed by atoms with E-state index in [1.54, 1.807) is 0 Å². The number of nitrogens with one attached hydrogen (secondary N) is 1. The standard InChI is InChI=1S/C11H17N3O/c1-12-8-10-4-5-11(14-13-10)15-7-6-9-2-3-9/h4-5,9,12H,2-3,6-8H2,1H3. The SMILES string of the molecule is CNCc1ccc(OCCC2CC2)nn1. The second kappa shape index (κ2) is 5.07. The average molecular weight is 207 g/mol. The third-order valence-corrected chi connectivity index (χ3v) is 2.53. The number of hydrogen-bond donors (Lipinski definition) is 1. The van der Waals surface area contributed by atoms with E-state index in [1.807, 2.05) is 19.2 Å². The van der Waals surface area contributed by atoms with E-state index in [-0.39, 0.29) is 0 Å². The predicted molar refractivity (Wildman–Crippen MR) is 57.6 cm³/mol. The molecule has 0 aliphatic heterocycles. The Morgan fingerprint density at radius 3 is 2.87 bits per heavy atom. The van der Waals surface area contributed by atoms with E-state index in [2.05, 4.69) is 15.5 Å². The van der Waals surface area contributed by atoms with Gasteiger partial charge in [-0.15, -0.1) is 5.10 Å². The third kappa shape index (κ3) is 3.47. The predicted octanol–water partition coefficient (Wildman–Crippen LogP) is 1.37. The first kappa shape index (κ1) is 10.4. The molecule has 2 rings (SSSR count). The van der Waals surface area contributed by atoms with Gasteiger partial charge in [-0.25, -0.2) is 0 Å². The fourth-order valence-corrected chi connectivity index (χ4v) is 1.44. The molecule has 1 aromatic rings. The Balaban J connectivity index is 1.75. The quantitative estimate of drug-likeness (QED) is 0.765. The van der Waals surface area contributed by atoms with E-state index in [9.17, 15) is 0 Å². The Labute approximate surface area is 90.1 Å². The molecule has 0 saturated heterocycles. The highest BCUT2D eigenvalue weighted by atomic mass is 16.5. The zero-order valence-corrected chi connectivity index (χ0v) is 9.07. The van der Waals surface area contributed by atoms with Crippen LogP contribution in [0.2, 0.25) is 0 Å². The van der Waals surface area contributed by atoms with E-state index < -0.39 is 0 Å². The Bertz CT molecular complexity index is 295. The molecule has 15 heavy (non-hydrogen) atoms. The number of rotatable bonds is 6. The van der Waals surface area contributed by atoms with Crippen LogP contribution in [-0.4, -0.2) is 23.9 Å². The van der Waals surface area contributed by atoms with Crippen molar-refractivity contribution in [2.75, 3.05) is 13.7 Å². The summed E-state index contributed by atoms with van der Waals surface area (Å²) in [6.07, 6.45) is 3.90. The van der Waals surface area contributed by atoms with Crippen LogP contribution >= 0.6 is 0 Å². The van der Waals surface area contributed by atoms with Crippen molar-refractivity contribution in [3.05, 3.63) is 17.8 Å². The summed E-state index contributed by atoms with van der Waals surface area (Å²) < 4.78 is 5.50. The van der Waals surface area contributed by atoms with Gasteiger partial charge in [0.05, 0.1) is 12.3 Å². The second-order valence-electron chi connectivity index (χ2n) is 3.97. The number of aromatic nitrogens is 2. The smallest absolute Gasteiger partial charge is 0.233 e. The van der Waals surface area contributed by atoms with Gasteiger partial charge in [-0.3, -0.25) is 0 Å². The minimum atomic E-state index is 0.635. The highest BCUT2D eigenvalue weighted by molar-refractivity contribution is 5.11. The van der Waals surface area contributed by atoms with Gasteiger partial charge in [0.2, 0.25) is 5.88 Å². The van der Waals surface area contributed by atoms with Crippen molar-refractivity contribution in [1.82, 2.24) is 15.5 Å². The summed E-state index contributed by atoms with van der Waals surface area (Å²) in [5.41, 5.74) is 0.937. The van der Waals surface area contributed by atoms with E-state index >= 15 is 0 Å². The molecule has 4 nitrogen and oxygen atoms in total. The fraction of sp³-hybridized carbons (Fsp3) is 0.636. The van der Waals surface area contributed by atoms with Crippen molar-refractivity contribution in [2.45, 2.75) is 25.8 Å². The van der Waals surface area contributed by atoms with Crippen molar-refractivity contribution >= 4 is 0 Å². The molecule has 0 bridgehead atoms. The second-order valence-corrected chi connectivity index (χ2v) is 3.97. The lowest BCUT2D eigenvalue weighted by Gasteiger charge is -2.04. The Kier molecular flexibility index (Phi) is 3.50. The minimum absolute atomic E-state index is 0.635. The van der Waals surface area contributed by atoms with Gasteiger partial charge in [-0.2, -0.15) is 5.10 Å². The largest absolute Gasteiger partial charge is 0.477 e. The molecule has 0 aromatic carbocycles. The maximum atomic E-state index is 5.50. The van der Waals surface area contributed by atoms with E-state index in [4.69, 9.17) is 4.74 Å².